The van der Waals surface area contributed by atoms with Gasteiger partial charge in [-0.1, -0.05) is 23.2 Å². The molecular formula is C13H8Cl2F3NO. The molecule has 0 unspecified atom stereocenters. The molecule has 2 aromatic carbocycles. The molecule has 0 fully saturated rings. The van der Waals surface area contributed by atoms with Crippen LogP contribution in [0.25, 0.3) is 0 Å². The van der Waals surface area contributed by atoms with Gasteiger partial charge in [0, 0.05) is 22.8 Å². The zero-order valence-electron chi connectivity index (χ0n) is 9.84. The maximum atomic E-state index is 12.7. The van der Waals surface area contributed by atoms with Crippen molar-refractivity contribution in [1.82, 2.24) is 0 Å². The molecule has 0 amide bonds. The van der Waals surface area contributed by atoms with Crippen molar-refractivity contribution in [3.63, 3.8) is 0 Å². The van der Waals surface area contributed by atoms with Crippen molar-refractivity contribution < 1.29 is 17.9 Å². The van der Waals surface area contributed by atoms with Crippen molar-refractivity contribution in [1.29, 1.82) is 0 Å². The molecule has 0 spiro atoms. The summed E-state index contributed by atoms with van der Waals surface area (Å²) >= 11 is 11.7. The summed E-state index contributed by atoms with van der Waals surface area (Å²) in [6.07, 6.45) is -4.51. The molecule has 7 heteroatoms. The summed E-state index contributed by atoms with van der Waals surface area (Å²) in [6.45, 7) is 0. The minimum Gasteiger partial charge on any atom is -0.456 e. The number of hydrogen-bond acceptors (Lipinski definition) is 2. The lowest BCUT2D eigenvalue weighted by Gasteiger charge is -2.12. The molecule has 0 saturated heterocycles. The molecule has 20 heavy (non-hydrogen) atoms. The number of hydrogen-bond donors (Lipinski definition) is 1. The first-order chi connectivity index (χ1) is 9.25. The van der Waals surface area contributed by atoms with Crippen LogP contribution in [0.15, 0.2) is 36.4 Å². The highest BCUT2D eigenvalue weighted by atomic mass is 35.5. The molecule has 0 heterocycles. The van der Waals surface area contributed by atoms with Crippen molar-refractivity contribution >= 4 is 28.9 Å². The highest BCUT2D eigenvalue weighted by molar-refractivity contribution is 6.34. The van der Waals surface area contributed by atoms with Crippen LogP contribution in [0.4, 0.5) is 18.9 Å². The van der Waals surface area contributed by atoms with E-state index in [1.807, 2.05) is 0 Å². The highest BCUT2D eigenvalue weighted by Gasteiger charge is 2.31. The van der Waals surface area contributed by atoms with Crippen LogP contribution in [0.2, 0.25) is 10.0 Å². The lowest BCUT2D eigenvalue weighted by Crippen LogP contribution is -2.06. The van der Waals surface area contributed by atoms with Gasteiger partial charge in [-0.05, 0) is 24.3 Å². The van der Waals surface area contributed by atoms with Gasteiger partial charge >= 0.3 is 6.18 Å². The number of rotatable bonds is 2. The second-order valence-corrected chi connectivity index (χ2v) is 4.81. The van der Waals surface area contributed by atoms with Crippen molar-refractivity contribution in [2.45, 2.75) is 6.18 Å². The molecular weight excluding hydrogens is 314 g/mol. The van der Waals surface area contributed by atoms with Gasteiger partial charge in [-0.15, -0.1) is 0 Å². The van der Waals surface area contributed by atoms with E-state index in [4.69, 9.17) is 33.7 Å². The molecule has 0 aromatic heterocycles. The van der Waals surface area contributed by atoms with E-state index in [9.17, 15) is 13.2 Å². The highest BCUT2D eigenvalue weighted by Crippen LogP contribution is 2.37. The van der Waals surface area contributed by atoms with Crippen molar-refractivity contribution in [3.8, 4) is 11.5 Å². The first kappa shape index (κ1) is 14.8. The van der Waals surface area contributed by atoms with Crippen LogP contribution in [-0.4, -0.2) is 0 Å². The van der Waals surface area contributed by atoms with Crippen molar-refractivity contribution in [3.05, 3.63) is 52.0 Å². The Labute approximate surface area is 122 Å². The summed E-state index contributed by atoms with van der Waals surface area (Å²) in [7, 11) is 0. The number of alkyl halides is 3. The number of nitrogens with two attached hydrogens (primary N) is 1. The maximum Gasteiger partial charge on any atom is 0.416 e. The van der Waals surface area contributed by atoms with Gasteiger partial charge in [-0.2, -0.15) is 13.2 Å². The number of anilines is 1. The summed E-state index contributed by atoms with van der Waals surface area (Å²) in [5, 5.41) is 0.578. The molecule has 0 aliphatic heterocycles. The molecule has 0 aliphatic carbocycles. The zero-order valence-corrected chi connectivity index (χ0v) is 11.4. The normalized spacial score (nSPS) is 11.4. The molecule has 0 aliphatic rings. The lowest BCUT2D eigenvalue weighted by atomic mass is 10.2. The van der Waals surface area contributed by atoms with Crippen LogP contribution in [0.1, 0.15) is 5.56 Å². The number of ether oxygens (including phenoxy) is 1. The van der Waals surface area contributed by atoms with Gasteiger partial charge < -0.3 is 10.5 Å². The average molecular weight is 322 g/mol. The number of nitrogen functional groups attached to an aromatic ring is 1. The lowest BCUT2D eigenvalue weighted by molar-refractivity contribution is -0.137. The molecule has 2 rings (SSSR count). The van der Waals surface area contributed by atoms with Gasteiger partial charge in [0.25, 0.3) is 0 Å². The average Bonchev–Trinajstić information content (AvgIpc) is 2.32. The Bertz CT molecular complexity index is 644. The summed E-state index contributed by atoms with van der Waals surface area (Å²) in [5.41, 5.74) is 4.48. The van der Waals surface area contributed by atoms with Gasteiger partial charge in [0.1, 0.15) is 11.5 Å². The number of benzene rings is 2. The smallest absolute Gasteiger partial charge is 0.416 e. The second kappa shape index (κ2) is 5.42. The van der Waals surface area contributed by atoms with E-state index in [0.717, 1.165) is 12.1 Å². The second-order valence-electron chi connectivity index (χ2n) is 3.97. The third-order valence-electron chi connectivity index (χ3n) is 2.38. The van der Waals surface area contributed by atoms with Crippen molar-refractivity contribution in [2.24, 2.45) is 0 Å². The Kier molecular flexibility index (Phi) is 4.01. The predicted molar refractivity (Wildman–Crippen MR) is 72.4 cm³/mol. The molecule has 2 N–H and O–H groups in total. The van der Waals surface area contributed by atoms with E-state index in [0.29, 0.717) is 5.02 Å². The summed E-state index contributed by atoms with van der Waals surface area (Å²) < 4.78 is 43.3. The Morgan fingerprint density at radius 2 is 1.70 bits per heavy atom. The van der Waals surface area contributed by atoms with Crippen LogP contribution in [0.5, 0.6) is 11.5 Å². The van der Waals surface area contributed by atoms with Gasteiger partial charge in [-0.25, -0.2) is 0 Å². The molecule has 2 nitrogen and oxygen atoms in total. The van der Waals surface area contributed by atoms with Gasteiger partial charge in [0.15, 0.2) is 0 Å². The summed E-state index contributed by atoms with van der Waals surface area (Å²) in [5.74, 6) is 0.0828. The maximum absolute atomic E-state index is 12.7. The molecule has 0 radical (unpaired) electrons. The van der Waals surface area contributed by atoms with Gasteiger partial charge in [0.05, 0.1) is 10.6 Å². The molecule has 0 bridgehead atoms. The van der Waals surface area contributed by atoms with E-state index in [1.165, 1.54) is 24.3 Å². The largest absolute Gasteiger partial charge is 0.456 e. The van der Waals surface area contributed by atoms with E-state index < -0.39 is 11.7 Å². The Balaban J connectivity index is 2.39. The van der Waals surface area contributed by atoms with E-state index in [2.05, 4.69) is 0 Å². The van der Waals surface area contributed by atoms with E-state index in [-0.39, 0.29) is 22.2 Å². The minimum atomic E-state index is -4.51. The molecule has 0 saturated carbocycles. The SMILES string of the molecule is Nc1cc(Oc2cc(Cl)ccc2Cl)cc(C(F)(F)F)c1. The van der Waals surface area contributed by atoms with Crippen LogP contribution in [-0.2, 0) is 6.18 Å². The fourth-order valence-corrected chi connectivity index (χ4v) is 1.85. The number of halogens is 5. The van der Waals surface area contributed by atoms with Crippen LogP contribution < -0.4 is 10.5 Å². The summed E-state index contributed by atoms with van der Waals surface area (Å²) in [6, 6.07) is 7.36. The van der Waals surface area contributed by atoms with Crippen LogP contribution in [0, 0.1) is 0 Å². The van der Waals surface area contributed by atoms with Gasteiger partial charge in [-0.3, -0.25) is 0 Å². The topological polar surface area (TPSA) is 35.2 Å². The van der Waals surface area contributed by atoms with E-state index in [1.54, 1.807) is 0 Å². The fourth-order valence-electron chi connectivity index (χ4n) is 1.53. The van der Waals surface area contributed by atoms with Gasteiger partial charge in [0.2, 0.25) is 0 Å². The van der Waals surface area contributed by atoms with Crippen molar-refractivity contribution in [2.75, 3.05) is 5.73 Å². The standard InChI is InChI=1S/C13H8Cl2F3NO/c14-8-1-2-11(15)12(5-8)20-10-4-7(13(16,17)18)3-9(19)6-10/h1-6H,19H2. The first-order valence-electron chi connectivity index (χ1n) is 5.36. The molecule has 106 valence electrons. The fraction of sp³-hybridized carbons (Fsp3) is 0.0769. The zero-order chi connectivity index (χ0) is 14.9. The van der Waals surface area contributed by atoms with Crippen LogP contribution >= 0.6 is 23.2 Å². The Hall–Kier alpha value is -1.59. The summed E-state index contributed by atoms with van der Waals surface area (Å²) in [4.78, 5) is 0. The predicted octanol–water partition coefficient (Wildman–Crippen LogP) is 5.39. The third kappa shape index (κ3) is 3.49. The van der Waals surface area contributed by atoms with E-state index >= 15 is 0 Å². The Morgan fingerprint density at radius 3 is 2.35 bits per heavy atom. The quantitative estimate of drug-likeness (QED) is 0.753. The minimum absolute atomic E-state index is 0.0621. The van der Waals surface area contributed by atoms with Crippen LogP contribution in [0.3, 0.4) is 0 Å². The molecule has 0 atom stereocenters. The first-order valence-corrected chi connectivity index (χ1v) is 6.12. The third-order valence-corrected chi connectivity index (χ3v) is 2.92. The monoisotopic (exact) mass is 321 g/mol. The Morgan fingerprint density at radius 1 is 1.00 bits per heavy atom. The molecule has 2 aromatic rings.